The van der Waals surface area contributed by atoms with Gasteiger partial charge in [0, 0.05) is 34.1 Å². The van der Waals surface area contributed by atoms with Crippen molar-refractivity contribution in [3.63, 3.8) is 0 Å². The summed E-state index contributed by atoms with van der Waals surface area (Å²) in [5.74, 6) is -1.38. The normalized spacial score (nSPS) is 24.9. The van der Waals surface area contributed by atoms with Crippen LogP contribution in [0.25, 0.3) is 0 Å². The SMILES string of the molecule is Cc1ccc2c(c1)C(C1C(=O)CC3(C(=O)Nc4ccc(C)cc43)N1c1ccc(Cl)cc1)C(=O)N2. The molecule has 2 N–H and O–H groups in total. The lowest BCUT2D eigenvalue weighted by Gasteiger charge is -2.39. The number of ketones is 1. The summed E-state index contributed by atoms with van der Waals surface area (Å²) < 4.78 is 0. The molecular weight excluding hydrogens is 450 g/mol. The Morgan fingerprint density at radius 3 is 2.29 bits per heavy atom. The Bertz CT molecular complexity index is 1400. The first-order chi connectivity index (χ1) is 16.3. The highest BCUT2D eigenvalue weighted by Gasteiger charge is 2.63. The number of fused-ring (bicyclic) bond motifs is 3. The first-order valence-corrected chi connectivity index (χ1v) is 11.6. The van der Waals surface area contributed by atoms with Crippen LogP contribution in [-0.2, 0) is 19.9 Å². The molecule has 1 fully saturated rings. The van der Waals surface area contributed by atoms with Crippen molar-refractivity contribution >= 4 is 46.3 Å². The largest absolute Gasteiger partial charge is 0.342 e. The Kier molecular flexibility index (Phi) is 4.42. The van der Waals surface area contributed by atoms with Gasteiger partial charge in [-0.2, -0.15) is 0 Å². The van der Waals surface area contributed by atoms with Crippen molar-refractivity contribution in [3.8, 4) is 0 Å². The summed E-state index contributed by atoms with van der Waals surface area (Å²) in [5, 5.41) is 6.46. The molecule has 3 atom stereocenters. The van der Waals surface area contributed by atoms with Crippen LogP contribution in [-0.4, -0.2) is 23.6 Å². The van der Waals surface area contributed by atoms with E-state index in [4.69, 9.17) is 11.6 Å². The summed E-state index contributed by atoms with van der Waals surface area (Å²) in [5.41, 5.74) is 4.34. The van der Waals surface area contributed by atoms with Gasteiger partial charge in [0.05, 0.1) is 5.92 Å². The van der Waals surface area contributed by atoms with Crippen molar-refractivity contribution in [3.05, 3.63) is 87.9 Å². The van der Waals surface area contributed by atoms with Gasteiger partial charge in [0.1, 0.15) is 6.04 Å². The molecule has 170 valence electrons. The van der Waals surface area contributed by atoms with Gasteiger partial charge >= 0.3 is 0 Å². The number of rotatable bonds is 2. The molecule has 0 saturated carbocycles. The third kappa shape index (κ3) is 2.78. The molecule has 3 aliphatic rings. The number of benzene rings is 3. The van der Waals surface area contributed by atoms with Crippen molar-refractivity contribution in [1.82, 2.24) is 0 Å². The number of amides is 2. The second-order valence-corrected chi connectivity index (χ2v) is 9.79. The van der Waals surface area contributed by atoms with Crippen molar-refractivity contribution in [2.24, 2.45) is 0 Å². The van der Waals surface area contributed by atoms with E-state index in [1.165, 1.54) is 0 Å². The zero-order chi connectivity index (χ0) is 23.8. The third-order valence-corrected chi connectivity index (χ3v) is 7.45. The number of carbonyl (C=O) groups is 3. The Morgan fingerprint density at radius 1 is 0.882 bits per heavy atom. The zero-order valence-electron chi connectivity index (χ0n) is 18.7. The number of aryl methyl sites for hydroxylation is 2. The zero-order valence-corrected chi connectivity index (χ0v) is 19.4. The van der Waals surface area contributed by atoms with Gasteiger partial charge in [-0.15, -0.1) is 0 Å². The van der Waals surface area contributed by atoms with E-state index in [1.807, 2.05) is 55.1 Å². The summed E-state index contributed by atoms with van der Waals surface area (Å²) in [6, 6.07) is 17.7. The fraction of sp³-hybridized carbons (Fsp3) is 0.222. The van der Waals surface area contributed by atoms with Crippen LogP contribution in [0.15, 0.2) is 60.7 Å². The van der Waals surface area contributed by atoms with Crippen molar-refractivity contribution < 1.29 is 14.4 Å². The maximum Gasteiger partial charge on any atom is 0.255 e. The maximum atomic E-state index is 13.8. The monoisotopic (exact) mass is 471 g/mol. The minimum absolute atomic E-state index is 0.0203. The van der Waals surface area contributed by atoms with Gasteiger partial charge in [-0.3, -0.25) is 14.4 Å². The van der Waals surface area contributed by atoms with Crippen LogP contribution in [0.5, 0.6) is 0 Å². The van der Waals surface area contributed by atoms with Gasteiger partial charge in [-0.1, -0.05) is 47.0 Å². The van der Waals surface area contributed by atoms with Crippen molar-refractivity contribution in [1.29, 1.82) is 0 Å². The van der Waals surface area contributed by atoms with Crippen LogP contribution in [0.2, 0.25) is 5.02 Å². The van der Waals surface area contributed by atoms with E-state index in [1.54, 1.807) is 24.3 Å². The highest BCUT2D eigenvalue weighted by molar-refractivity contribution is 6.30. The predicted molar refractivity (Wildman–Crippen MR) is 131 cm³/mol. The van der Waals surface area contributed by atoms with E-state index >= 15 is 0 Å². The van der Waals surface area contributed by atoms with E-state index in [0.717, 1.165) is 22.3 Å². The van der Waals surface area contributed by atoms with E-state index in [-0.39, 0.29) is 24.0 Å². The van der Waals surface area contributed by atoms with Gasteiger partial charge in [0.25, 0.3) is 5.91 Å². The molecule has 2 amide bonds. The van der Waals surface area contributed by atoms with Crippen LogP contribution in [0.3, 0.4) is 0 Å². The fourth-order valence-electron chi connectivity index (χ4n) is 5.73. The number of hydrogen-bond donors (Lipinski definition) is 2. The molecule has 34 heavy (non-hydrogen) atoms. The molecule has 6 rings (SSSR count). The Labute approximate surface area is 201 Å². The summed E-state index contributed by atoms with van der Waals surface area (Å²) >= 11 is 6.17. The molecule has 1 spiro atoms. The van der Waals surface area contributed by atoms with Gasteiger partial charge in [0.2, 0.25) is 5.91 Å². The molecule has 3 unspecified atom stereocenters. The molecule has 3 heterocycles. The summed E-state index contributed by atoms with van der Waals surface area (Å²) in [6.45, 7) is 3.92. The van der Waals surface area contributed by atoms with Crippen LogP contribution in [0.4, 0.5) is 17.1 Å². The summed E-state index contributed by atoms with van der Waals surface area (Å²) in [7, 11) is 0. The molecular formula is C27H22ClN3O3. The minimum atomic E-state index is -1.25. The lowest BCUT2D eigenvalue weighted by Crippen LogP contribution is -2.52. The van der Waals surface area contributed by atoms with Crippen molar-refractivity contribution in [2.45, 2.75) is 37.8 Å². The number of nitrogens with one attached hydrogen (secondary N) is 2. The number of nitrogens with zero attached hydrogens (tertiary/aromatic N) is 1. The standard InChI is InChI=1S/C27H22ClN3O3/c1-14-3-9-20-18(11-14)23(25(33)29-20)24-22(32)13-27(31(24)17-7-5-16(28)6-8-17)19-12-15(2)4-10-21(19)30-26(27)34/h3-12,23-24H,13H2,1-2H3,(H,29,33)(H,30,34). The summed E-state index contributed by atoms with van der Waals surface area (Å²) in [4.78, 5) is 42.6. The molecule has 6 nitrogen and oxygen atoms in total. The Morgan fingerprint density at radius 2 is 1.56 bits per heavy atom. The molecule has 0 aromatic heterocycles. The lowest BCUT2D eigenvalue weighted by atomic mass is 9.87. The smallest absolute Gasteiger partial charge is 0.255 e. The second-order valence-electron chi connectivity index (χ2n) is 9.36. The molecule has 0 radical (unpaired) electrons. The number of hydrogen-bond acceptors (Lipinski definition) is 4. The first-order valence-electron chi connectivity index (χ1n) is 11.2. The van der Waals surface area contributed by atoms with Gasteiger partial charge in [-0.05, 0) is 55.8 Å². The van der Waals surface area contributed by atoms with Crippen LogP contribution >= 0.6 is 11.6 Å². The first kappa shape index (κ1) is 20.9. The number of Topliss-reactive ketones (excluding diaryl/α,β-unsaturated/α-hetero) is 1. The van der Waals surface area contributed by atoms with Crippen LogP contribution < -0.4 is 15.5 Å². The van der Waals surface area contributed by atoms with E-state index < -0.39 is 17.5 Å². The molecule has 1 saturated heterocycles. The average Bonchev–Trinajstić information content (AvgIpc) is 3.38. The van der Waals surface area contributed by atoms with E-state index in [9.17, 15) is 14.4 Å². The maximum absolute atomic E-state index is 13.8. The lowest BCUT2D eigenvalue weighted by molar-refractivity contribution is -0.124. The number of anilines is 3. The van der Waals surface area contributed by atoms with Crippen molar-refractivity contribution in [2.75, 3.05) is 15.5 Å². The number of carbonyl (C=O) groups excluding carboxylic acids is 3. The topological polar surface area (TPSA) is 78.5 Å². The Balaban J connectivity index is 1.60. The van der Waals surface area contributed by atoms with Gasteiger partial charge in [-0.25, -0.2) is 0 Å². The summed E-state index contributed by atoms with van der Waals surface area (Å²) in [6.07, 6.45) is -0.0203. The fourth-order valence-corrected chi connectivity index (χ4v) is 5.86. The quantitative estimate of drug-likeness (QED) is 0.568. The molecule has 3 aliphatic heterocycles. The number of halogens is 1. The van der Waals surface area contributed by atoms with Crippen LogP contribution in [0, 0.1) is 13.8 Å². The molecule has 7 heteroatoms. The minimum Gasteiger partial charge on any atom is -0.342 e. The Hall–Kier alpha value is -3.64. The van der Waals surface area contributed by atoms with E-state index in [0.29, 0.717) is 22.1 Å². The second kappa shape index (κ2) is 7.18. The molecule has 3 aromatic rings. The third-order valence-electron chi connectivity index (χ3n) is 7.20. The molecule has 0 bridgehead atoms. The van der Waals surface area contributed by atoms with Gasteiger partial charge in [0.15, 0.2) is 11.3 Å². The molecule has 0 aliphatic carbocycles. The highest BCUT2D eigenvalue weighted by Crippen LogP contribution is 2.54. The van der Waals surface area contributed by atoms with Crippen LogP contribution in [0.1, 0.15) is 34.6 Å². The van der Waals surface area contributed by atoms with E-state index in [2.05, 4.69) is 10.6 Å². The average molecular weight is 472 g/mol. The predicted octanol–water partition coefficient (Wildman–Crippen LogP) is 4.69. The highest BCUT2D eigenvalue weighted by atomic mass is 35.5. The van der Waals surface area contributed by atoms with Gasteiger partial charge < -0.3 is 15.5 Å². The molecule has 3 aromatic carbocycles.